The third-order valence-corrected chi connectivity index (χ3v) is 3.15. The van der Waals surface area contributed by atoms with Crippen molar-refractivity contribution in [2.24, 2.45) is 0 Å². The summed E-state index contributed by atoms with van der Waals surface area (Å²) >= 11 is 5.92. The van der Waals surface area contributed by atoms with Crippen molar-refractivity contribution in [1.82, 2.24) is 20.2 Å². The maximum Gasteiger partial charge on any atom is 0.226 e. The molecule has 1 aromatic carbocycles. The van der Waals surface area contributed by atoms with Gasteiger partial charge in [0, 0.05) is 6.54 Å². The van der Waals surface area contributed by atoms with Crippen LogP contribution < -0.4 is 4.90 Å². The predicted octanol–water partition coefficient (Wildman–Crippen LogP) is 3.30. The second-order valence-electron chi connectivity index (χ2n) is 4.14. The number of benzene rings is 1. The van der Waals surface area contributed by atoms with Gasteiger partial charge in [0.05, 0.1) is 17.3 Å². The Labute approximate surface area is 119 Å². The fraction of sp³-hybridized carbons (Fsp3) is 0.154. The molecule has 0 radical (unpaired) electrons. The molecule has 0 aliphatic rings. The number of nitrogens with one attached hydrogen (secondary N) is 1. The minimum Gasteiger partial charge on any atom is -0.323 e. The van der Waals surface area contributed by atoms with E-state index >= 15 is 0 Å². The number of nitrogens with zero attached hydrogens (tertiary/aromatic N) is 4. The number of halogens is 2. The summed E-state index contributed by atoms with van der Waals surface area (Å²) in [6.07, 6.45) is 1.60. The summed E-state index contributed by atoms with van der Waals surface area (Å²) in [7, 11) is 0. The third-order valence-electron chi connectivity index (χ3n) is 2.98. The first-order chi connectivity index (χ1) is 9.70. The molecule has 1 N–H and O–H groups in total. The van der Waals surface area contributed by atoms with E-state index in [1.165, 1.54) is 6.07 Å². The Morgan fingerprint density at radius 2 is 2.10 bits per heavy atom. The lowest BCUT2D eigenvalue weighted by Crippen LogP contribution is -2.19. The molecule has 0 amide bonds. The molecule has 0 saturated carbocycles. The highest BCUT2D eigenvalue weighted by Crippen LogP contribution is 2.31. The standard InChI is InChI=1S/C13H11ClFN5/c1-2-20(10-6-4-3-5-9(10)15)12-8-7-16-19-11(8)17-13(14)18-12/h3-7H,2H2,1H3,(H,16,17,18,19). The van der Waals surface area contributed by atoms with Gasteiger partial charge >= 0.3 is 0 Å². The van der Waals surface area contributed by atoms with E-state index in [0.29, 0.717) is 29.1 Å². The van der Waals surface area contributed by atoms with Gasteiger partial charge in [0.15, 0.2) is 5.65 Å². The van der Waals surface area contributed by atoms with Crippen molar-refractivity contribution in [2.75, 3.05) is 11.4 Å². The van der Waals surface area contributed by atoms with Crippen LogP contribution in [0.25, 0.3) is 11.0 Å². The third kappa shape index (κ3) is 2.08. The van der Waals surface area contributed by atoms with Crippen LogP contribution in [0, 0.1) is 5.82 Å². The zero-order chi connectivity index (χ0) is 14.1. The van der Waals surface area contributed by atoms with E-state index in [4.69, 9.17) is 11.6 Å². The van der Waals surface area contributed by atoms with Crippen LogP contribution in [0.3, 0.4) is 0 Å². The van der Waals surface area contributed by atoms with E-state index in [1.807, 2.05) is 6.92 Å². The topological polar surface area (TPSA) is 57.7 Å². The maximum atomic E-state index is 14.0. The molecule has 0 saturated heterocycles. The Kier molecular flexibility index (Phi) is 3.23. The van der Waals surface area contributed by atoms with Gasteiger partial charge in [-0.2, -0.15) is 15.1 Å². The van der Waals surface area contributed by atoms with Gasteiger partial charge in [-0.25, -0.2) is 4.39 Å². The van der Waals surface area contributed by atoms with E-state index in [1.54, 1.807) is 29.3 Å². The van der Waals surface area contributed by atoms with Crippen LogP contribution in [-0.4, -0.2) is 26.7 Å². The molecule has 5 nitrogen and oxygen atoms in total. The number of aromatic amines is 1. The predicted molar refractivity (Wildman–Crippen MR) is 75.8 cm³/mol. The van der Waals surface area contributed by atoms with Crippen molar-refractivity contribution in [3.63, 3.8) is 0 Å². The zero-order valence-electron chi connectivity index (χ0n) is 10.6. The van der Waals surface area contributed by atoms with Crippen molar-refractivity contribution >= 4 is 34.1 Å². The van der Waals surface area contributed by atoms with E-state index in [-0.39, 0.29) is 11.1 Å². The first-order valence-electron chi connectivity index (χ1n) is 6.09. The lowest BCUT2D eigenvalue weighted by molar-refractivity contribution is 0.625. The number of H-pyrrole nitrogens is 1. The Balaban J connectivity index is 2.22. The van der Waals surface area contributed by atoms with Crippen LogP contribution in [0.1, 0.15) is 6.92 Å². The van der Waals surface area contributed by atoms with E-state index < -0.39 is 0 Å². The zero-order valence-corrected chi connectivity index (χ0v) is 11.4. The number of anilines is 2. The molecule has 0 atom stereocenters. The summed E-state index contributed by atoms with van der Waals surface area (Å²) in [4.78, 5) is 10.00. The van der Waals surface area contributed by atoms with Gasteiger partial charge in [-0.05, 0) is 30.7 Å². The maximum absolute atomic E-state index is 14.0. The molecular weight excluding hydrogens is 281 g/mol. The second kappa shape index (κ2) is 5.05. The largest absolute Gasteiger partial charge is 0.323 e. The lowest BCUT2D eigenvalue weighted by Gasteiger charge is -2.23. The molecular formula is C13H11ClFN5. The van der Waals surface area contributed by atoms with Gasteiger partial charge in [0.2, 0.25) is 5.28 Å². The molecule has 0 spiro atoms. The van der Waals surface area contributed by atoms with E-state index in [9.17, 15) is 4.39 Å². The van der Waals surface area contributed by atoms with Crippen molar-refractivity contribution < 1.29 is 4.39 Å². The molecule has 3 rings (SSSR count). The molecule has 0 aliphatic heterocycles. The average molecular weight is 292 g/mol. The van der Waals surface area contributed by atoms with Crippen LogP contribution in [0.2, 0.25) is 5.28 Å². The minimum atomic E-state index is -0.319. The Hall–Kier alpha value is -2.21. The molecule has 20 heavy (non-hydrogen) atoms. The number of para-hydroxylation sites is 1. The van der Waals surface area contributed by atoms with Gasteiger partial charge in [0.1, 0.15) is 11.6 Å². The van der Waals surface area contributed by atoms with Gasteiger partial charge in [-0.3, -0.25) is 5.10 Å². The molecule has 0 unspecified atom stereocenters. The fourth-order valence-electron chi connectivity index (χ4n) is 2.10. The molecule has 3 aromatic rings. The lowest BCUT2D eigenvalue weighted by atomic mass is 10.2. The second-order valence-corrected chi connectivity index (χ2v) is 4.48. The number of fused-ring (bicyclic) bond motifs is 1. The highest BCUT2D eigenvalue weighted by molar-refractivity contribution is 6.28. The number of hydrogen-bond donors (Lipinski definition) is 1. The summed E-state index contributed by atoms with van der Waals surface area (Å²) in [6, 6.07) is 6.53. The van der Waals surface area contributed by atoms with E-state index in [0.717, 1.165) is 0 Å². The van der Waals surface area contributed by atoms with Crippen LogP contribution in [0.15, 0.2) is 30.5 Å². The minimum absolute atomic E-state index is 0.0894. The Bertz CT molecular complexity index is 757. The summed E-state index contributed by atoms with van der Waals surface area (Å²) < 4.78 is 14.0. The summed E-state index contributed by atoms with van der Waals surface area (Å²) in [5.41, 5.74) is 0.960. The van der Waals surface area contributed by atoms with Gasteiger partial charge in [-0.15, -0.1) is 0 Å². The van der Waals surface area contributed by atoms with Gasteiger partial charge < -0.3 is 4.90 Å². The molecule has 0 aliphatic carbocycles. The van der Waals surface area contributed by atoms with Crippen LogP contribution in [0.4, 0.5) is 15.9 Å². The molecule has 102 valence electrons. The average Bonchev–Trinajstić information content (AvgIpc) is 2.89. The Morgan fingerprint density at radius 3 is 2.85 bits per heavy atom. The van der Waals surface area contributed by atoms with Crippen LogP contribution in [0.5, 0.6) is 0 Å². The van der Waals surface area contributed by atoms with Crippen LogP contribution >= 0.6 is 11.6 Å². The first kappa shape index (κ1) is 12.8. The molecule has 2 aromatic heterocycles. The molecule has 0 fully saturated rings. The molecule has 2 heterocycles. The number of aromatic nitrogens is 4. The summed E-state index contributed by atoms with van der Waals surface area (Å²) in [5.74, 6) is 0.210. The van der Waals surface area contributed by atoms with Crippen LogP contribution in [-0.2, 0) is 0 Å². The monoisotopic (exact) mass is 291 g/mol. The SMILES string of the molecule is CCN(c1ccccc1F)c1nc(Cl)nc2[nH]ncc12. The van der Waals surface area contributed by atoms with Crippen molar-refractivity contribution in [3.8, 4) is 0 Å². The van der Waals surface area contributed by atoms with Crippen molar-refractivity contribution in [2.45, 2.75) is 6.92 Å². The summed E-state index contributed by atoms with van der Waals surface area (Å²) in [5, 5.41) is 7.45. The molecule has 7 heteroatoms. The summed E-state index contributed by atoms with van der Waals surface area (Å²) in [6.45, 7) is 2.45. The quantitative estimate of drug-likeness (QED) is 0.752. The van der Waals surface area contributed by atoms with E-state index in [2.05, 4.69) is 20.2 Å². The van der Waals surface area contributed by atoms with Crippen molar-refractivity contribution in [3.05, 3.63) is 41.6 Å². The number of hydrogen-bond acceptors (Lipinski definition) is 4. The Morgan fingerprint density at radius 1 is 1.30 bits per heavy atom. The van der Waals surface area contributed by atoms with Crippen molar-refractivity contribution in [1.29, 1.82) is 0 Å². The fourth-order valence-corrected chi connectivity index (χ4v) is 2.27. The highest BCUT2D eigenvalue weighted by Gasteiger charge is 2.18. The normalized spacial score (nSPS) is 10.9. The number of rotatable bonds is 3. The van der Waals surface area contributed by atoms with Gasteiger partial charge in [0.25, 0.3) is 0 Å². The smallest absolute Gasteiger partial charge is 0.226 e. The molecule has 0 bridgehead atoms. The first-order valence-corrected chi connectivity index (χ1v) is 6.47. The highest BCUT2D eigenvalue weighted by atomic mass is 35.5. The van der Waals surface area contributed by atoms with Gasteiger partial charge in [-0.1, -0.05) is 12.1 Å².